The van der Waals surface area contributed by atoms with Crippen molar-refractivity contribution >= 4 is 27.6 Å². The first-order valence-electron chi connectivity index (χ1n) is 7.24. The van der Waals surface area contributed by atoms with Gasteiger partial charge in [0.25, 0.3) is 0 Å². The van der Waals surface area contributed by atoms with Gasteiger partial charge in [-0.3, -0.25) is 4.79 Å². The zero-order valence-corrected chi connectivity index (χ0v) is 14.9. The lowest BCUT2D eigenvalue weighted by molar-refractivity contribution is -0.141. The van der Waals surface area contributed by atoms with E-state index in [-0.39, 0.29) is 11.3 Å². The number of aliphatic carboxylic acids is 1. The average molecular weight is 368 g/mol. The van der Waals surface area contributed by atoms with Gasteiger partial charge in [-0.25, -0.2) is 8.42 Å². The molecule has 0 saturated heterocycles. The topological polar surface area (TPSA) is 74.7 Å². The predicted molar refractivity (Wildman–Crippen MR) is 92.7 cm³/mol. The molecule has 24 heavy (non-hydrogen) atoms. The van der Waals surface area contributed by atoms with Gasteiger partial charge in [-0.05, 0) is 43.2 Å². The number of carbonyl (C=O) groups is 1. The van der Waals surface area contributed by atoms with Crippen LogP contribution in [0.2, 0.25) is 5.02 Å². The monoisotopic (exact) mass is 367 g/mol. The van der Waals surface area contributed by atoms with Crippen molar-refractivity contribution < 1.29 is 18.3 Å². The van der Waals surface area contributed by atoms with Crippen molar-refractivity contribution in [2.45, 2.75) is 24.3 Å². The van der Waals surface area contributed by atoms with E-state index in [1.807, 2.05) is 6.92 Å². The van der Waals surface area contributed by atoms with Gasteiger partial charge in [0.2, 0.25) is 10.0 Å². The normalized spacial score (nSPS) is 13.0. The van der Waals surface area contributed by atoms with E-state index in [1.54, 1.807) is 36.4 Å². The Labute approximate surface area is 146 Å². The molecule has 1 atom stereocenters. The maximum atomic E-state index is 12.7. The van der Waals surface area contributed by atoms with E-state index in [9.17, 15) is 18.3 Å². The highest BCUT2D eigenvalue weighted by Gasteiger charge is 2.32. The highest BCUT2D eigenvalue weighted by molar-refractivity contribution is 7.89. The van der Waals surface area contributed by atoms with Gasteiger partial charge in [-0.2, -0.15) is 4.31 Å². The van der Waals surface area contributed by atoms with Crippen molar-refractivity contribution in [2.24, 2.45) is 0 Å². The Bertz CT molecular complexity index is 817. The number of nitrogens with zero attached hydrogens (tertiary/aromatic N) is 1. The fourth-order valence-electron chi connectivity index (χ4n) is 2.26. The molecule has 0 bridgehead atoms. The van der Waals surface area contributed by atoms with Crippen LogP contribution in [0.15, 0.2) is 53.4 Å². The predicted octanol–water partition coefficient (Wildman–Crippen LogP) is 2.96. The van der Waals surface area contributed by atoms with E-state index in [0.29, 0.717) is 10.6 Å². The van der Waals surface area contributed by atoms with Gasteiger partial charge in [0.1, 0.15) is 6.04 Å². The summed E-state index contributed by atoms with van der Waals surface area (Å²) in [5.41, 5.74) is 1.62. The maximum absolute atomic E-state index is 12.7. The van der Waals surface area contributed by atoms with Gasteiger partial charge < -0.3 is 5.11 Å². The first-order valence-corrected chi connectivity index (χ1v) is 9.05. The molecule has 128 valence electrons. The Balaban J connectivity index is 2.31. The van der Waals surface area contributed by atoms with Crippen molar-refractivity contribution in [1.82, 2.24) is 4.31 Å². The molecule has 0 saturated carbocycles. The van der Waals surface area contributed by atoms with Crippen molar-refractivity contribution in [3.8, 4) is 0 Å². The molecule has 0 aliphatic rings. The number of likely N-dealkylation sites (N-methyl/N-ethyl adjacent to an activating group) is 1. The molecular weight excluding hydrogens is 350 g/mol. The smallest absolute Gasteiger partial charge is 0.322 e. The standard InChI is InChI=1S/C17H18ClNO4S/c1-12-3-9-15(10-4-12)24(22,23)19(2)16(17(20)21)11-13-5-7-14(18)8-6-13/h3-10,16H,11H2,1-2H3,(H,20,21)/t16-/m0/s1. The molecule has 0 aromatic heterocycles. The number of carboxylic acids is 1. The second-order valence-electron chi connectivity index (χ2n) is 5.52. The van der Waals surface area contributed by atoms with Gasteiger partial charge in [0.15, 0.2) is 0 Å². The zero-order chi connectivity index (χ0) is 17.9. The molecule has 0 spiro atoms. The van der Waals surface area contributed by atoms with E-state index >= 15 is 0 Å². The highest BCUT2D eigenvalue weighted by Crippen LogP contribution is 2.20. The third-order valence-corrected chi connectivity index (χ3v) is 5.90. The molecule has 2 rings (SSSR count). The van der Waals surface area contributed by atoms with Crippen LogP contribution in [0, 0.1) is 6.92 Å². The summed E-state index contributed by atoms with van der Waals surface area (Å²) in [6.45, 7) is 1.85. The van der Waals surface area contributed by atoms with Crippen LogP contribution in [-0.4, -0.2) is 36.9 Å². The van der Waals surface area contributed by atoms with Gasteiger partial charge >= 0.3 is 5.97 Å². The molecule has 0 aliphatic heterocycles. The average Bonchev–Trinajstić information content (AvgIpc) is 2.53. The quantitative estimate of drug-likeness (QED) is 0.851. The van der Waals surface area contributed by atoms with Crippen LogP contribution in [0.3, 0.4) is 0 Å². The number of halogens is 1. The van der Waals surface area contributed by atoms with E-state index in [2.05, 4.69) is 0 Å². The fourth-order valence-corrected chi connectivity index (χ4v) is 3.70. The molecule has 0 amide bonds. The molecule has 0 fully saturated rings. The molecule has 7 heteroatoms. The molecular formula is C17H18ClNO4S. The third kappa shape index (κ3) is 4.14. The molecule has 5 nitrogen and oxygen atoms in total. The number of benzene rings is 2. The number of hydrogen-bond acceptors (Lipinski definition) is 3. The van der Waals surface area contributed by atoms with Crippen molar-refractivity contribution in [2.75, 3.05) is 7.05 Å². The van der Waals surface area contributed by atoms with E-state index in [1.165, 1.54) is 19.2 Å². The summed E-state index contributed by atoms with van der Waals surface area (Å²) in [4.78, 5) is 11.7. The number of rotatable bonds is 6. The molecule has 2 aromatic rings. The molecule has 0 radical (unpaired) electrons. The largest absolute Gasteiger partial charge is 0.480 e. The second-order valence-corrected chi connectivity index (χ2v) is 7.95. The van der Waals surface area contributed by atoms with E-state index in [4.69, 9.17) is 11.6 Å². The van der Waals surface area contributed by atoms with Gasteiger partial charge in [-0.15, -0.1) is 0 Å². The lowest BCUT2D eigenvalue weighted by Crippen LogP contribution is -2.43. The first kappa shape index (κ1) is 18.4. The van der Waals surface area contributed by atoms with Gasteiger partial charge in [0.05, 0.1) is 4.90 Å². The summed E-state index contributed by atoms with van der Waals surface area (Å²) in [6, 6.07) is 11.7. The molecule has 0 aliphatic carbocycles. The lowest BCUT2D eigenvalue weighted by atomic mass is 10.1. The summed E-state index contributed by atoms with van der Waals surface area (Å²) >= 11 is 5.82. The van der Waals surface area contributed by atoms with Gasteiger partial charge in [-0.1, -0.05) is 41.4 Å². The zero-order valence-electron chi connectivity index (χ0n) is 13.3. The summed E-state index contributed by atoms with van der Waals surface area (Å²) in [5.74, 6) is -1.21. The van der Waals surface area contributed by atoms with E-state index < -0.39 is 22.0 Å². The van der Waals surface area contributed by atoms with Gasteiger partial charge in [0, 0.05) is 12.1 Å². The number of hydrogen-bond donors (Lipinski definition) is 1. The summed E-state index contributed by atoms with van der Waals surface area (Å²) in [7, 11) is -2.62. The van der Waals surface area contributed by atoms with Crippen LogP contribution < -0.4 is 0 Å². The molecule has 0 heterocycles. The minimum absolute atomic E-state index is 0.0497. The van der Waals surface area contributed by atoms with Crippen LogP contribution >= 0.6 is 11.6 Å². The fraction of sp³-hybridized carbons (Fsp3) is 0.235. The maximum Gasteiger partial charge on any atom is 0.322 e. The van der Waals surface area contributed by atoms with Crippen molar-refractivity contribution in [3.05, 3.63) is 64.7 Å². The number of carboxylic acid groups (broad SMARTS) is 1. The Kier molecular flexibility index (Phi) is 5.64. The molecule has 0 unspecified atom stereocenters. The molecule has 2 aromatic carbocycles. The van der Waals surface area contributed by atoms with Crippen molar-refractivity contribution in [3.63, 3.8) is 0 Å². The minimum Gasteiger partial charge on any atom is -0.480 e. The van der Waals surface area contributed by atoms with Crippen LogP contribution in [0.1, 0.15) is 11.1 Å². The van der Waals surface area contributed by atoms with Crippen LogP contribution in [0.4, 0.5) is 0 Å². The number of aryl methyl sites for hydroxylation is 1. The molecule has 1 N–H and O–H groups in total. The second kappa shape index (κ2) is 7.34. The third-order valence-electron chi connectivity index (χ3n) is 3.76. The van der Waals surface area contributed by atoms with Crippen LogP contribution in [-0.2, 0) is 21.2 Å². The van der Waals surface area contributed by atoms with Crippen LogP contribution in [0.25, 0.3) is 0 Å². The summed E-state index contributed by atoms with van der Waals surface area (Å²) < 4.78 is 26.2. The first-order chi connectivity index (χ1) is 11.2. The lowest BCUT2D eigenvalue weighted by Gasteiger charge is -2.24. The Morgan fingerprint density at radius 1 is 1.12 bits per heavy atom. The minimum atomic E-state index is -3.90. The van der Waals surface area contributed by atoms with Crippen LogP contribution in [0.5, 0.6) is 0 Å². The van der Waals surface area contributed by atoms with E-state index in [0.717, 1.165) is 9.87 Å². The van der Waals surface area contributed by atoms with Crippen molar-refractivity contribution in [1.29, 1.82) is 0 Å². The summed E-state index contributed by atoms with van der Waals surface area (Å²) in [5, 5.41) is 10.0. The highest BCUT2D eigenvalue weighted by atomic mass is 35.5. The Morgan fingerprint density at radius 3 is 2.17 bits per heavy atom. The number of sulfonamides is 1. The SMILES string of the molecule is Cc1ccc(S(=O)(=O)N(C)[C@@H](Cc2ccc(Cl)cc2)C(=O)O)cc1. The Morgan fingerprint density at radius 2 is 1.67 bits per heavy atom. The summed E-state index contributed by atoms with van der Waals surface area (Å²) in [6.07, 6.45) is 0.0497. The Hall–Kier alpha value is -1.89.